The van der Waals surface area contributed by atoms with E-state index in [1.165, 1.54) is 12.1 Å². The van der Waals surface area contributed by atoms with E-state index in [9.17, 15) is 14.0 Å². The smallest absolute Gasteiger partial charge is 0.225 e. The zero-order chi connectivity index (χ0) is 23.3. The normalized spacial score (nSPS) is 20.7. The Balaban J connectivity index is 1.47. The van der Waals surface area contributed by atoms with E-state index in [1.54, 1.807) is 24.1 Å². The first-order chi connectivity index (χ1) is 15.9. The van der Waals surface area contributed by atoms with Gasteiger partial charge in [-0.15, -0.1) is 0 Å². The van der Waals surface area contributed by atoms with Gasteiger partial charge in [-0.25, -0.2) is 4.39 Å². The Hall–Kier alpha value is -2.93. The van der Waals surface area contributed by atoms with Gasteiger partial charge >= 0.3 is 0 Å². The summed E-state index contributed by atoms with van der Waals surface area (Å²) in [4.78, 5) is 29.6. The molecule has 1 aliphatic carbocycles. The van der Waals surface area contributed by atoms with Crippen molar-refractivity contribution in [3.8, 4) is 5.75 Å². The number of benzene rings is 2. The highest BCUT2D eigenvalue weighted by Gasteiger charge is 2.43. The number of halogens is 1. The molecule has 2 fully saturated rings. The average Bonchev–Trinajstić information content (AvgIpc) is 2.78. The quantitative estimate of drug-likeness (QED) is 0.611. The van der Waals surface area contributed by atoms with Crippen molar-refractivity contribution in [3.05, 3.63) is 66.0 Å². The van der Waals surface area contributed by atoms with Crippen LogP contribution in [0.5, 0.6) is 5.75 Å². The van der Waals surface area contributed by atoms with Crippen LogP contribution >= 0.6 is 0 Å². The van der Waals surface area contributed by atoms with E-state index in [0.717, 1.165) is 24.8 Å². The average molecular weight is 455 g/mol. The van der Waals surface area contributed by atoms with Crippen LogP contribution in [-0.2, 0) is 20.9 Å². The molecule has 1 aliphatic heterocycles. The lowest BCUT2D eigenvalue weighted by molar-refractivity contribution is -0.169. The largest absolute Gasteiger partial charge is 0.490 e. The number of morpholine rings is 1. The highest BCUT2D eigenvalue weighted by molar-refractivity contribution is 5.80. The van der Waals surface area contributed by atoms with Gasteiger partial charge in [-0.05, 0) is 42.7 Å². The molecule has 0 unspecified atom stereocenters. The minimum absolute atomic E-state index is 0.0790. The number of nitrogens with zero attached hydrogens (tertiary/aromatic N) is 2. The fraction of sp³-hybridized carbons (Fsp3) is 0.462. The summed E-state index contributed by atoms with van der Waals surface area (Å²) in [5, 5.41) is 0. The summed E-state index contributed by atoms with van der Waals surface area (Å²) in [6, 6.07) is 15.5. The third kappa shape index (κ3) is 5.90. The number of amides is 2. The van der Waals surface area contributed by atoms with Gasteiger partial charge in [0.1, 0.15) is 23.8 Å². The van der Waals surface area contributed by atoms with Crippen molar-refractivity contribution in [1.82, 2.24) is 9.80 Å². The van der Waals surface area contributed by atoms with Crippen LogP contribution in [0.1, 0.15) is 31.2 Å². The van der Waals surface area contributed by atoms with E-state index in [2.05, 4.69) is 0 Å². The van der Waals surface area contributed by atoms with E-state index in [1.807, 2.05) is 35.2 Å². The molecule has 7 heteroatoms. The monoisotopic (exact) mass is 454 g/mol. The van der Waals surface area contributed by atoms with Gasteiger partial charge in [0.05, 0.1) is 19.6 Å². The first kappa shape index (κ1) is 23.2. The lowest BCUT2D eigenvalue weighted by Gasteiger charge is -2.44. The topological polar surface area (TPSA) is 59.1 Å². The predicted octanol–water partition coefficient (Wildman–Crippen LogP) is 3.65. The summed E-state index contributed by atoms with van der Waals surface area (Å²) >= 11 is 0. The maximum absolute atomic E-state index is 13.3. The Labute approximate surface area is 194 Å². The summed E-state index contributed by atoms with van der Waals surface area (Å²) in [6.45, 7) is 1.74. The summed E-state index contributed by atoms with van der Waals surface area (Å²) in [5.41, 5.74) is 0.0740. The summed E-state index contributed by atoms with van der Waals surface area (Å²) in [7, 11) is 1.77. The first-order valence-electron chi connectivity index (χ1n) is 11.5. The van der Waals surface area contributed by atoms with Gasteiger partial charge in [-0.2, -0.15) is 0 Å². The van der Waals surface area contributed by atoms with E-state index >= 15 is 0 Å². The van der Waals surface area contributed by atoms with Crippen LogP contribution in [-0.4, -0.2) is 60.6 Å². The van der Waals surface area contributed by atoms with E-state index in [0.29, 0.717) is 32.0 Å². The molecule has 33 heavy (non-hydrogen) atoms. The maximum Gasteiger partial charge on any atom is 0.225 e. The predicted molar refractivity (Wildman–Crippen MR) is 122 cm³/mol. The molecule has 2 aliphatic rings. The molecular weight excluding hydrogens is 423 g/mol. The Morgan fingerprint density at radius 2 is 1.88 bits per heavy atom. The molecule has 0 bridgehead atoms. The minimum Gasteiger partial charge on any atom is -0.490 e. The van der Waals surface area contributed by atoms with Crippen molar-refractivity contribution in [3.63, 3.8) is 0 Å². The van der Waals surface area contributed by atoms with Crippen molar-refractivity contribution in [1.29, 1.82) is 0 Å². The second kappa shape index (κ2) is 10.3. The Morgan fingerprint density at radius 1 is 1.15 bits per heavy atom. The van der Waals surface area contributed by atoms with Crippen molar-refractivity contribution in [2.24, 2.45) is 5.92 Å². The van der Waals surface area contributed by atoms with Gasteiger partial charge < -0.3 is 19.3 Å². The Morgan fingerprint density at radius 3 is 2.55 bits per heavy atom. The number of carbonyl (C=O) groups is 2. The number of hydrogen-bond donors (Lipinski definition) is 0. The molecule has 0 spiro atoms. The maximum atomic E-state index is 13.3. The van der Waals surface area contributed by atoms with Crippen molar-refractivity contribution < 1.29 is 23.5 Å². The van der Waals surface area contributed by atoms with Crippen LogP contribution in [0.15, 0.2) is 54.6 Å². The van der Waals surface area contributed by atoms with Crippen LogP contribution in [0.25, 0.3) is 0 Å². The zero-order valence-corrected chi connectivity index (χ0v) is 19.0. The minimum atomic E-state index is -0.964. The van der Waals surface area contributed by atoms with Crippen LogP contribution in [0, 0.1) is 11.7 Å². The molecular formula is C26H31FN2O4. The van der Waals surface area contributed by atoms with Crippen molar-refractivity contribution >= 4 is 11.8 Å². The summed E-state index contributed by atoms with van der Waals surface area (Å²) in [5.74, 6) is 0.281. The molecule has 1 saturated carbocycles. The van der Waals surface area contributed by atoms with Crippen molar-refractivity contribution in [2.45, 2.75) is 37.8 Å². The third-order valence-electron chi connectivity index (χ3n) is 6.49. The van der Waals surface area contributed by atoms with E-state index in [4.69, 9.17) is 9.47 Å². The number of hydrogen-bond acceptors (Lipinski definition) is 4. The van der Waals surface area contributed by atoms with Gasteiger partial charge in [-0.1, -0.05) is 36.8 Å². The lowest BCUT2D eigenvalue weighted by atomic mass is 9.83. The molecule has 0 radical (unpaired) electrons. The second-order valence-electron chi connectivity index (χ2n) is 9.07. The van der Waals surface area contributed by atoms with Crippen LogP contribution in [0.2, 0.25) is 0 Å². The molecule has 1 saturated heterocycles. The molecule has 0 N–H and O–H groups in total. The van der Waals surface area contributed by atoms with E-state index in [-0.39, 0.29) is 36.6 Å². The van der Waals surface area contributed by atoms with Gasteiger partial charge in [-0.3, -0.25) is 9.59 Å². The summed E-state index contributed by atoms with van der Waals surface area (Å²) < 4.78 is 25.4. The second-order valence-corrected chi connectivity index (χ2v) is 9.07. The molecule has 4 rings (SSSR count). The van der Waals surface area contributed by atoms with E-state index < -0.39 is 5.60 Å². The fourth-order valence-electron chi connectivity index (χ4n) is 4.29. The summed E-state index contributed by atoms with van der Waals surface area (Å²) in [6.07, 6.45) is 3.02. The Kier molecular flexibility index (Phi) is 7.28. The standard InChI is InChI=1S/C26H31FN2O4/c1-28(17-20-6-3-2-4-7-20)24(30)16-26(19-32-23-12-10-22(27)11-13-23)18-29(14-15-33-26)25(31)21-8-5-9-21/h2-4,6-7,10-13,21H,5,8-9,14-19H2,1H3/t26-/m0/s1. The molecule has 1 atom stereocenters. The van der Waals surface area contributed by atoms with Gasteiger partial charge in [0.15, 0.2) is 0 Å². The van der Waals surface area contributed by atoms with Crippen LogP contribution in [0.3, 0.4) is 0 Å². The molecule has 6 nitrogen and oxygen atoms in total. The molecule has 0 aromatic heterocycles. The molecule has 2 aromatic rings. The molecule has 176 valence electrons. The van der Waals surface area contributed by atoms with Crippen LogP contribution < -0.4 is 4.74 Å². The molecule has 2 amide bonds. The first-order valence-corrected chi connectivity index (χ1v) is 11.5. The van der Waals surface area contributed by atoms with Crippen LogP contribution in [0.4, 0.5) is 4.39 Å². The number of carbonyl (C=O) groups excluding carboxylic acids is 2. The Bertz CT molecular complexity index is 949. The molecule has 1 heterocycles. The highest BCUT2D eigenvalue weighted by Crippen LogP contribution is 2.31. The number of ether oxygens (including phenoxy) is 2. The van der Waals surface area contributed by atoms with Gasteiger partial charge in [0.25, 0.3) is 0 Å². The molecule has 2 aromatic carbocycles. The number of rotatable bonds is 8. The lowest BCUT2D eigenvalue weighted by Crippen LogP contribution is -2.59. The highest BCUT2D eigenvalue weighted by atomic mass is 19.1. The third-order valence-corrected chi connectivity index (χ3v) is 6.49. The fourth-order valence-corrected chi connectivity index (χ4v) is 4.29. The zero-order valence-electron chi connectivity index (χ0n) is 19.0. The van der Waals surface area contributed by atoms with Gasteiger partial charge in [0.2, 0.25) is 11.8 Å². The van der Waals surface area contributed by atoms with Gasteiger partial charge in [0, 0.05) is 26.1 Å². The SMILES string of the molecule is CN(Cc1ccccc1)C(=O)C[C@@]1(COc2ccc(F)cc2)CN(C(=O)C2CCC2)CCO1. The van der Waals surface area contributed by atoms with Crippen molar-refractivity contribution in [2.75, 3.05) is 33.4 Å².